The molecule has 5 nitrogen and oxygen atoms in total. The summed E-state index contributed by atoms with van der Waals surface area (Å²) >= 11 is 7.64. The van der Waals surface area contributed by atoms with Gasteiger partial charge >= 0.3 is 0 Å². The number of hydrogen-bond donors (Lipinski definition) is 2. The van der Waals surface area contributed by atoms with E-state index < -0.39 is 0 Å². The van der Waals surface area contributed by atoms with Crippen LogP contribution >= 0.6 is 23.4 Å². The number of halogens is 1. The Morgan fingerprint density at radius 2 is 1.78 bits per heavy atom. The minimum absolute atomic E-state index is 0.0149. The van der Waals surface area contributed by atoms with Gasteiger partial charge in [0.25, 0.3) is 0 Å². The van der Waals surface area contributed by atoms with E-state index in [0.717, 1.165) is 38.3 Å². The van der Waals surface area contributed by atoms with Crippen molar-refractivity contribution >= 4 is 35.0 Å². The van der Waals surface area contributed by atoms with Gasteiger partial charge in [-0.3, -0.25) is 14.6 Å². The molecule has 0 aliphatic carbocycles. The van der Waals surface area contributed by atoms with E-state index in [1.165, 1.54) is 23.3 Å². The largest absolute Gasteiger partial charge is 0.391 e. The van der Waals surface area contributed by atoms with Crippen LogP contribution in [0.15, 0.2) is 53.4 Å². The van der Waals surface area contributed by atoms with Crippen molar-refractivity contribution in [2.45, 2.75) is 37.2 Å². The quantitative estimate of drug-likeness (QED) is 0.472. The summed E-state index contributed by atoms with van der Waals surface area (Å²) in [5.41, 5.74) is 2.15. The third-order valence-electron chi connectivity index (χ3n) is 5.63. The summed E-state index contributed by atoms with van der Waals surface area (Å²) in [7, 11) is 0. The third kappa shape index (κ3) is 8.41. The Labute approximate surface area is 201 Å². The fourth-order valence-electron chi connectivity index (χ4n) is 3.82. The molecule has 1 aliphatic heterocycles. The van der Waals surface area contributed by atoms with Gasteiger partial charge in [0.1, 0.15) is 0 Å². The molecule has 1 fully saturated rings. The molecule has 0 spiro atoms. The number of hydrogen-bond acceptors (Lipinski definition) is 5. The fourth-order valence-corrected chi connectivity index (χ4v) is 4.96. The van der Waals surface area contributed by atoms with Crippen molar-refractivity contribution < 1.29 is 9.90 Å². The Morgan fingerprint density at radius 1 is 1.09 bits per heavy atom. The number of aliphatic hydroxyl groups excluding tert-OH is 1. The van der Waals surface area contributed by atoms with Gasteiger partial charge in [0, 0.05) is 54.1 Å². The van der Waals surface area contributed by atoms with E-state index in [4.69, 9.17) is 11.6 Å². The second-order valence-corrected chi connectivity index (χ2v) is 9.81. The number of nitrogens with one attached hydrogen (secondary N) is 1. The van der Waals surface area contributed by atoms with E-state index >= 15 is 0 Å². The monoisotopic (exact) mass is 475 g/mol. The maximum Gasteiger partial charge on any atom is 0.238 e. The molecule has 2 N–H and O–H groups in total. The molecule has 1 unspecified atom stereocenters. The summed E-state index contributed by atoms with van der Waals surface area (Å²) in [6, 6.07) is 15.7. The van der Waals surface area contributed by atoms with Crippen LogP contribution in [0.4, 0.5) is 5.69 Å². The molecule has 1 atom stereocenters. The molecule has 0 radical (unpaired) electrons. The zero-order valence-electron chi connectivity index (χ0n) is 18.8. The molecule has 0 aromatic heterocycles. The lowest BCUT2D eigenvalue weighted by molar-refractivity contribution is -0.117. The Bertz CT molecular complexity index is 841. The molecular weight excluding hydrogens is 442 g/mol. The molecule has 1 heterocycles. The molecule has 7 heteroatoms. The lowest BCUT2D eigenvalue weighted by atomic mass is 10.1. The summed E-state index contributed by atoms with van der Waals surface area (Å²) in [5, 5.41) is 14.1. The van der Waals surface area contributed by atoms with Crippen LogP contribution in [-0.4, -0.2) is 71.9 Å². The van der Waals surface area contributed by atoms with E-state index in [1.807, 2.05) is 0 Å². The van der Waals surface area contributed by atoms with Crippen molar-refractivity contribution in [3.05, 3.63) is 59.1 Å². The van der Waals surface area contributed by atoms with Crippen LogP contribution in [0.2, 0.25) is 5.02 Å². The molecule has 32 heavy (non-hydrogen) atoms. The number of anilines is 1. The molecule has 1 amide bonds. The van der Waals surface area contributed by atoms with E-state index in [-0.39, 0.29) is 12.0 Å². The Morgan fingerprint density at radius 3 is 2.50 bits per heavy atom. The first-order valence-corrected chi connectivity index (χ1v) is 12.8. The summed E-state index contributed by atoms with van der Waals surface area (Å²) in [4.78, 5) is 18.0. The van der Waals surface area contributed by atoms with Crippen molar-refractivity contribution in [2.75, 3.05) is 50.3 Å². The number of carbonyl (C=O) groups is 1. The minimum Gasteiger partial charge on any atom is -0.391 e. The number of aryl methyl sites for hydroxylation is 1. The smallest absolute Gasteiger partial charge is 0.238 e. The number of piperazine rings is 1. The number of thioether (sulfide) groups is 1. The number of β-amino-alcohol motifs (C(OH)–C–C–N with tert-alkyl or cyclic N) is 1. The lowest BCUT2D eigenvalue weighted by Gasteiger charge is -2.35. The van der Waals surface area contributed by atoms with Gasteiger partial charge in [-0.1, -0.05) is 43.1 Å². The van der Waals surface area contributed by atoms with E-state index in [1.54, 1.807) is 36.0 Å². The highest BCUT2D eigenvalue weighted by atomic mass is 35.5. The molecule has 1 aliphatic rings. The molecular formula is C25H34ClN3O2S. The van der Waals surface area contributed by atoms with Gasteiger partial charge in [0.05, 0.1) is 12.6 Å². The van der Waals surface area contributed by atoms with Crippen molar-refractivity contribution in [1.82, 2.24) is 9.80 Å². The predicted molar refractivity (Wildman–Crippen MR) is 135 cm³/mol. The van der Waals surface area contributed by atoms with Crippen LogP contribution in [-0.2, 0) is 11.2 Å². The molecule has 3 rings (SSSR count). The highest BCUT2D eigenvalue weighted by Crippen LogP contribution is 2.25. The highest BCUT2D eigenvalue weighted by molar-refractivity contribution is 7.99. The van der Waals surface area contributed by atoms with Gasteiger partial charge in [0.2, 0.25) is 5.91 Å². The number of nitrogens with zero attached hydrogens (tertiary/aromatic N) is 2. The summed E-state index contributed by atoms with van der Waals surface area (Å²) in [6.45, 7) is 6.65. The zero-order valence-corrected chi connectivity index (χ0v) is 20.4. The van der Waals surface area contributed by atoms with Crippen molar-refractivity contribution in [1.29, 1.82) is 0 Å². The highest BCUT2D eigenvalue weighted by Gasteiger charge is 2.21. The third-order valence-corrected chi connectivity index (χ3v) is 7.15. The van der Waals surface area contributed by atoms with Gasteiger partial charge in [-0.05, 0) is 48.7 Å². The second-order valence-electron chi connectivity index (χ2n) is 8.31. The Kier molecular flexibility index (Phi) is 10.3. The molecule has 2 aromatic rings. The van der Waals surface area contributed by atoms with E-state index in [9.17, 15) is 9.90 Å². The zero-order chi connectivity index (χ0) is 22.8. The summed E-state index contributed by atoms with van der Waals surface area (Å²) in [5.74, 6) is 0.686. The van der Waals surface area contributed by atoms with Crippen LogP contribution in [0.3, 0.4) is 0 Å². The van der Waals surface area contributed by atoms with Gasteiger partial charge in [0.15, 0.2) is 0 Å². The van der Waals surface area contributed by atoms with Crippen LogP contribution in [0, 0.1) is 0 Å². The van der Waals surface area contributed by atoms with Crippen LogP contribution in [0.5, 0.6) is 0 Å². The maximum atomic E-state index is 12.3. The molecule has 0 saturated carbocycles. The molecule has 0 bridgehead atoms. The van der Waals surface area contributed by atoms with Gasteiger partial charge in [-0.15, -0.1) is 11.8 Å². The first kappa shape index (κ1) is 25.1. The number of unbranched alkanes of at least 4 members (excludes halogenated alkanes) is 1. The lowest BCUT2D eigenvalue weighted by Crippen LogP contribution is -2.50. The first-order valence-electron chi connectivity index (χ1n) is 11.4. The molecule has 174 valence electrons. The van der Waals surface area contributed by atoms with Gasteiger partial charge in [-0.2, -0.15) is 0 Å². The number of aliphatic hydroxyl groups is 1. The predicted octanol–water partition coefficient (Wildman–Crippen LogP) is 4.39. The first-order chi connectivity index (χ1) is 15.5. The second kappa shape index (κ2) is 13.2. The van der Waals surface area contributed by atoms with Crippen LogP contribution in [0.1, 0.15) is 25.3 Å². The van der Waals surface area contributed by atoms with Crippen molar-refractivity contribution in [3.8, 4) is 0 Å². The van der Waals surface area contributed by atoms with E-state index in [2.05, 4.69) is 46.3 Å². The minimum atomic E-state index is -0.362. The number of amides is 1. The van der Waals surface area contributed by atoms with Gasteiger partial charge < -0.3 is 10.4 Å². The maximum absolute atomic E-state index is 12.3. The van der Waals surface area contributed by atoms with Crippen molar-refractivity contribution in [2.24, 2.45) is 0 Å². The number of rotatable bonds is 11. The SMILES string of the molecule is CCCCc1ccccc1SCC(O)CN1CCN(CC(=O)Nc2ccc(Cl)cc2)CC1. The van der Waals surface area contributed by atoms with Crippen molar-refractivity contribution in [3.63, 3.8) is 0 Å². The van der Waals surface area contributed by atoms with E-state index in [0.29, 0.717) is 23.9 Å². The topological polar surface area (TPSA) is 55.8 Å². The van der Waals surface area contributed by atoms with Crippen LogP contribution < -0.4 is 5.32 Å². The average Bonchev–Trinajstić information content (AvgIpc) is 2.79. The summed E-state index contributed by atoms with van der Waals surface area (Å²) < 4.78 is 0. The Hall–Kier alpha value is -1.57. The average molecular weight is 476 g/mol. The number of benzene rings is 2. The van der Waals surface area contributed by atoms with Crippen LogP contribution in [0.25, 0.3) is 0 Å². The fraction of sp³-hybridized carbons (Fsp3) is 0.480. The normalized spacial score (nSPS) is 16.1. The standard InChI is InChI=1S/C25H34ClN3O2S/c1-2-3-6-20-7-4-5-8-24(20)32-19-23(30)17-28-13-15-29(16-14-28)18-25(31)27-22-11-9-21(26)10-12-22/h4-5,7-12,23,30H,2-3,6,13-19H2,1H3,(H,27,31). The molecule has 2 aromatic carbocycles. The number of carbonyl (C=O) groups excluding carboxylic acids is 1. The van der Waals surface area contributed by atoms with Gasteiger partial charge in [-0.25, -0.2) is 0 Å². The molecule has 1 saturated heterocycles. The summed E-state index contributed by atoms with van der Waals surface area (Å²) in [6.07, 6.45) is 3.13. The Balaban J connectivity index is 1.35.